The molecule has 0 rings (SSSR count). The van der Waals surface area contributed by atoms with Crippen molar-refractivity contribution in [2.75, 3.05) is 13.2 Å². The van der Waals surface area contributed by atoms with E-state index in [4.69, 9.17) is 10.5 Å². The van der Waals surface area contributed by atoms with Gasteiger partial charge in [-0.1, -0.05) is 13.3 Å². The van der Waals surface area contributed by atoms with Gasteiger partial charge in [0.15, 0.2) is 0 Å². The molecule has 0 bridgehead atoms. The zero-order chi connectivity index (χ0) is 10.1. The Balaban J connectivity index is 0. The number of ether oxygens (including phenoxy) is 1. The summed E-state index contributed by atoms with van der Waals surface area (Å²) < 4.78 is 4.90. The molecule has 0 saturated heterocycles. The smallest absolute Gasteiger partial charge is 0.313 e. The molecule has 0 unspecified atom stereocenters. The number of hydrogen-bond donors (Lipinski definition) is 1. The second-order valence-electron chi connectivity index (χ2n) is 2.72. The summed E-state index contributed by atoms with van der Waals surface area (Å²) in [5.41, 5.74) is 5.44. The van der Waals surface area contributed by atoms with Crippen LogP contribution in [-0.4, -0.2) is 25.0 Å². The van der Waals surface area contributed by atoms with Crippen LogP contribution in [0, 0.1) is 0 Å². The Morgan fingerprint density at radius 3 is 2.57 bits per heavy atom. The molecule has 84 valence electrons. The summed E-state index contributed by atoms with van der Waals surface area (Å²) in [7, 11) is 0. The van der Waals surface area contributed by atoms with Crippen LogP contribution in [0.4, 0.5) is 0 Å². The van der Waals surface area contributed by atoms with Crippen molar-refractivity contribution in [2.45, 2.75) is 33.1 Å². The Morgan fingerprint density at radius 1 is 1.43 bits per heavy atom. The van der Waals surface area contributed by atoms with Crippen molar-refractivity contribution >= 4 is 24.2 Å². The van der Waals surface area contributed by atoms with Gasteiger partial charge >= 0.3 is 5.97 Å². The summed E-state index contributed by atoms with van der Waals surface area (Å²) in [5, 5.41) is 0. The van der Waals surface area contributed by atoms with Gasteiger partial charge in [-0.15, -0.1) is 12.4 Å². The fourth-order valence-electron chi connectivity index (χ4n) is 0.788. The molecule has 0 aromatic heterocycles. The third-order valence-corrected chi connectivity index (χ3v) is 1.45. The maximum atomic E-state index is 11.0. The van der Waals surface area contributed by atoms with Gasteiger partial charge in [0, 0.05) is 6.54 Å². The van der Waals surface area contributed by atoms with E-state index in [-0.39, 0.29) is 24.8 Å². The molecule has 0 aromatic carbocycles. The summed E-state index contributed by atoms with van der Waals surface area (Å²) in [6, 6.07) is 0. The monoisotopic (exact) mass is 222 g/mol. The Bertz CT molecular complexity index is 184. The highest BCUT2D eigenvalue weighted by Gasteiger charge is 2.04. The molecule has 0 aliphatic heterocycles. The van der Waals surface area contributed by atoms with Crippen molar-refractivity contribution in [1.29, 1.82) is 0 Å². The quantitative estimate of drug-likeness (QED) is 0.321. The molecule has 5 heteroatoms. The predicted octanol–water partition coefficient (Wildman–Crippen LogP) is 1.52. The summed E-state index contributed by atoms with van der Waals surface area (Å²) in [6.45, 7) is 5.00. The molecule has 0 heterocycles. The zero-order valence-electron chi connectivity index (χ0n) is 8.78. The van der Waals surface area contributed by atoms with E-state index in [0.717, 1.165) is 12.8 Å². The number of halogens is 1. The number of amidine groups is 1. The number of aliphatic imine (C=N–C) groups is 1. The van der Waals surface area contributed by atoms with E-state index in [0.29, 0.717) is 19.0 Å². The van der Waals surface area contributed by atoms with E-state index in [1.165, 1.54) is 0 Å². The normalized spacial score (nSPS) is 10.6. The topological polar surface area (TPSA) is 64.7 Å². The Labute approximate surface area is 91.3 Å². The number of unbranched alkanes of at least 4 members (excludes halogenated alkanes) is 1. The highest BCUT2D eigenvalue weighted by atomic mass is 35.5. The maximum Gasteiger partial charge on any atom is 0.313 e. The molecular formula is C9H19ClN2O2. The fraction of sp³-hybridized carbons (Fsp3) is 0.778. The number of hydrogen-bond acceptors (Lipinski definition) is 3. The van der Waals surface area contributed by atoms with Gasteiger partial charge in [-0.3, -0.25) is 9.79 Å². The Hall–Kier alpha value is -0.770. The van der Waals surface area contributed by atoms with Crippen LogP contribution >= 0.6 is 12.4 Å². The van der Waals surface area contributed by atoms with Gasteiger partial charge in [0.2, 0.25) is 0 Å². The predicted molar refractivity (Wildman–Crippen MR) is 59.9 cm³/mol. The lowest BCUT2D eigenvalue weighted by Crippen LogP contribution is -2.19. The van der Waals surface area contributed by atoms with Gasteiger partial charge < -0.3 is 10.5 Å². The maximum absolute atomic E-state index is 11.0. The van der Waals surface area contributed by atoms with E-state index >= 15 is 0 Å². The van der Waals surface area contributed by atoms with Gasteiger partial charge in [-0.05, 0) is 13.3 Å². The van der Waals surface area contributed by atoms with Gasteiger partial charge in [0.05, 0.1) is 6.61 Å². The molecule has 0 atom stereocenters. The lowest BCUT2D eigenvalue weighted by Gasteiger charge is -2.02. The van der Waals surface area contributed by atoms with Crippen LogP contribution in [0.3, 0.4) is 0 Å². The van der Waals surface area contributed by atoms with Crippen molar-refractivity contribution in [1.82, 2.24) is 0 Å². The number of nitrogens with two attached hydrogens (primary N) is 1. The van der Waals surface area contributed by atoms with Crippen molar-refractivity contribution in [3.63, 3.8) is 0 Å². The molecule has 0 aliphatic carbocycles. The molecule has 0 radical (unpaired) electrons. The van der Waals surface area contributed by atoms with Crippen LogP contribution < -0.4 is 5.73 Å². The van der Waals surface area contributed by atoms with E-state index in [1.807, 2.05) is 13.8 Å². The van der Waals surface area contributed by atoms with Crippen LogP contribution in [0.5, 0.6) is 0 Å². The zero-order valence-corrected chi connectivity index (χ0v) is 9.60. The minimum Gasteiger partial charge on any atom is -0.465 e. The lowest BCUT2D eigenvalue weighted by atomic mass is 10.3. The van der Waals surface area contributed by atoms with Gasteiger partial charge in [0.25, 0.3) is 0 Å². The van der Waals surface area contributed by atoms with Crippen LogP contribution in [0.25, 0.3) is 0 Å². The standard InChI is InChI=1S/C9H18N2O2.ClH/c1-3-5-6-13-9(12)7-8(10)11-4-2;/h3-7H2,1-2H3,(H2,10,11);1H. The summed E-state index contributed by atoms with van der Waals surface area (Å²) >= 11 is 0. The summed E-state index contributed by atoms with van der Waals surface area (Å²) in [5.74, 6) is 0.0622. The van der Waals surface area contributed by atoms with Gasteiger partial charge in [0.1, 0.15) is 12.3 Å². The van der Waals surface area contributed by atoms with Crippen LogP contribution in [0.1, 0.15) is 33.1 Å². The largest absolute Gasteiger partial charge is 0.465 e. The molecule has 0 saturated carbocycles. The van der Waals surface area contributed by atoms with Gasteiger partial charge in [-0.25, -0.2) is 0 Å². The summed E-state index contributed by atoms with van der Waals surface area (Å²) in [4.78, 5) is 14.9. The average molecular weight is 223 g/mol. The molecule has 0 spiro atoms. The van der Waals surface area contributed by atoms with Crippen LogP contribution in [0.15, 0.2) is 4.99 Å². The first kappa shape index (κ1) is 15.7. The number of carbonyl (C=O) groups excluding carboxylic acids is 1. The third-order valence-electron chi connectivity index (χ3n) is 1.45. The fourth-order valence-corrected chi connectivity index (χ4v) is 0.788. The van der Waals surface area contributed by atoms with Crippen molar-refractivity contribution < 1.29 is 9.53 Å². The van der Waals surface area contributed by atoms with E-state index in [9.17, 15) is 4.79 Å². The minimum atomic E-state index is -0.289. The molecule has 0 fully saturated rings. The Kier molecular flexibility index (Phi) is 11.6. The molecule has 2 N–H and O–H groups in total. The van der Waals surface area contributed by atoms with E-state index < -0.39 is 0 Å². The number of rotatable bonds is 6. The second-order valence-corrected chi connectivity index (χ2v) is 2.72. The van der Waals surface area contributed by atoms with E-state index in [2.05, 4.69) is 4.99 Å². The lowest BCUT2D eigenvalue weighted by molar-refractivity contribution is -0.142. The molecule has 14 heavy (non-hydrogen) atoms. The number of esters is 1. The van der Waals surface area contributed by atoms with Crippen molar-refractivity contribution in [3.05, 3.63) is 0 Å². The highest BCUT2D eigenvalue weighted by Crippen LogP contribution is 1.92. The Morgan fingerprint density at radius 2 is 2.07 bits per heavy atom. The van der Waals surface area contributed by atoms with E-state index in [1.54, 1.807) is 0 Å². The minimum absolute atomic E-state index is 0. The average Bonchev–Trinajstić information content (AvgIpc) is 2.05. The number of nitrogens with zero attached hydrogens (tertiary/aromatic N) is 1. The molecular weight excluding hydrogens is 204 g/mol. The first-order valence-corrected chi connectivity index (χ1v) is 4.65. The third kappa shape index (κ3) is 9.32. The van der Waals surface area contributed by atoms with Crippen molar-refractivity contribution in [3.8, 4) is 0 Å². The van der Waals surface area contributed by atoms with Gasteiger partial charge in [-0.2, -0.15) is 0 Å². The first-order chi connectivity index (χ1) is 6.20. The number of carbonyl (C=O) groups is 1. The van der Waals surface area contributed by atoms with Crippen LogP contribution in [-0.2, 0) is 9.53 Å². The first-order valence-electron chi connectivity index (χ1n) is 4.65. The molecule has 4 nitrogen and oxygen atoms in total. The second kappa shape index (κ2) is 10.3. The van der Waals surface area contributed by atoms with Crippen LogP contribution in [0.2, 0.25) is 0 Å². The highest BCUT2D eigenvalue weighted by molar-refractivity contribution is 5.96. The molecule has 0 aromatic rings. The SMILES string of the molecule is CCCCOC(=O)CC(N)=NCC.Cl. The molecule has 0 amide bonds. The van der Waals surface area contributed by atoms with Crippen molar-refractivity contribution in [2.24, 2.45) is 10.7 Å². The molecule has 0 aliphatic rings. The summed E-state index contributed by atoms with van der Waals surface area (Å²) in [6.07, 6.45) is 2.03.